The molecule has 0 atom stereocenters. The fourth-order valence-electron chi connectivity index (χ4n) is 3.05. The number of ketones is 1. The maximum Gasteiger partial charge on any atom is 0.231 e. The monoisotopic (exact) mass is 444 g/mol. The summed E-state index contributed by atoms with van der Waals surface area (Å²) in [7, 11) is 0. The first kappa shape index (κ1) is 19.8. The Balaban J connectivity index is 1.60. The molecule has 0 bridgehead atoms. The minimum absolute atomic E-state index is 0.174. The summed E-state index contributed by atoms with van der Waals surface area (Å²) in [5.41, 5.74) is 2.76. The summed E-state index contributed by atoms with van der Waals surface area (Å²) in [5, 5.41) is 1.56. The Morgan fingerprint density at radius 1 is 0.966 bits per heavy atom. The molecule has 146 valence electrons. The number of hydrogen-bond donors (Lipinski definition) is 0. The van der Waals surface area contributed by atoms with Crippen LogP contribution in [0.1, 0.15) is 27.0 Å². The van der Waals surface area contributed by atoms with E-state index in [9.17, 15) is 4.79 Å². The van der Waals surface area contributed by atoms with Gasteiger partial charge in [0.15, 0.2) is 5.76 Å². The van der Waals surface area contributed by atoms with E-state index in [1.54, 1.807) is 36.4 Å². The Morgan fingerprint density at radius 3 is 2.34 bits per heavy atom. The lowest BCUT2D eigenvalue weighted by Crippen LogP contribution is -1.98. The smallest absolute Gasteiger partial charge is 0.231 e. The van der Waals surface area contributed by atoms with Crippen molar-refractivity contribution in [3.8, 4) is 11.5 Å². The van der Waals surface area contributed by atoms with Crippen molar-refractivity contribution in [1.82, 2.24) is 0 Å². The van der Waals surface area contributed by atoms with Crippen molar-refractivity contribution in [2.45, 2.75) is 13.5 Å². The quantitative estimate of drug-likeness (QED) is 0.400. The van der Waals surface area contributed by atoms with Gasteiger partial charge in [0.05, 0.1) is 5.56 Å². The number of allylic oxidation sites excluding steroid dienone is 1. The highest BCUT2D eigenvalue weighted by molar-refractivity contribution is 6.37. The molecule has 4 rings (SSSR count). The van der Waals surface area contributed by atoms with Gasteiger partial charge in [-0.15, -0.1) is 0 Å². The van der Waals surface area contributed by atoms with Crippen LogP contribution in [0.3, 0.4) is 0 Å². The summed E-state index contributed by atoms with van der Waals surface area (Å²) in [6.45, 7) is 2.23. The molecule has 0 unspecified atom stereocenters. The molecule has 29 heavy (non-hydrogen) atoms. The summed E-state index contributed by atoms with van der Waals surface area (Å²) < 4.78 is 11.8. The fourth-order valence-corrected chi connectivity index (χ4v) is 3.68. The Bertz CT molecular complexity index is 1110. The van der Waals surface area contributed by atoms with Crippen molar-refractivity contribution < 1.29 is 14.3 Å². The number of rotatable bonds is 4. The standard InChI is InChI=1S/C23H15Cl3O3/c1-13-20(28-12-14-5-7-15(24)8-6-14)10-9-16-22(27)21(29-23(13)16)11-17-18(25)3-2-4-19(17)26/h2-11H,12H2,1H3/b21-11-. The molecule has 0 amide bonds. The zero-order valence-corrected chi connectivity index (χ0v) is 17.6. The predicted octanol–water partition coefficient (Wildman–Crippen LogP) is 7.15. The van der Waals surface area contributed by atoms with E-state index in [1.807, 2.05) is 31.2 Å². The number of benzene rings is 3. The fraction of sp³-hybridized carbons (Fsp3) is 0.0870. The average Bonchev–Trinajstić information content (AvgIpc) is 3.02. The Kier molecular flexibility index (Phi) is 5.55. The predicted molar refractivity (Wildman–Crippen MR) is 116 cm³/mol. The van der Waals surface area contributed by atoms with Crippen molar-refractivity contribution in [2.24, 2.45) is 0 Å². The number of carbonyl (C=O) groups excluding carboxylic acids is 1. The third-order valence-corrected chi connectivity index (χ3v) is 5.53. The van der Waals surface area contributed by atoms with E-state index >= 15 is 0 Å². The van der Waals surface area contributed by atoms with E-state index in [0.717, 1.165) is 11.1 Å². The summed E-state index contributed by atoms with van der Waals surface area (Å²) in [6, 6.07) is 16.1. The molecule has 0 spiro atoms. The molecule has 0 aromatic heterocycles. The first-order chi connectivity index (χ1) is 13.9. The Hall–Kier alpha value is -2.46. The van der Waals surface area contributed by atoms with E-state index < -0.39 is 0 Å². The van der Waals surface area contributed by atoms with Gasteiger partial charge in [-0.1, -0.05) is 53.0 Å². The van der Waals surface area contributed by atoms with Crippen molar-refractivity contribution in [3.63, 3.8) is 0 Å². The molecule has 0 aliphatic carbocycles. The van der Waals surface area contributed by atoms with Gasteiger partial charge in [0.25, 0.3) is 0 Å². The minimum atomic E-state index is -0.219. The Morgan fingerprint density at radius 2 is 1.66 bits per heavy atom. The van der Waals surface area contributed by atoms with E-state index in [4.69, 9.17) is 44.3 Å². The number of Topliss-reactive ketones (excluding diaryl/α,β-unsaturated/α-hetero) is 1. The molecule has 0 saturated carbocycles. The lowest BCUT2D eigenvalue weighted by molar-refractivity contribution is 0.101. The van der Waals surface area contributed by atoms with Gasteiger partial charge in [0.1, 0.15) is 18.1 Å². The van der Waals surface area contributed by atoms with E-state index in [-0.39, 0.29) is 11.5 Å². The lowest BCUT2D eigenvalue weighted by atomic mass is 10.1. The van der Waals surface area contributed by atoms with Crippen molar-refractivity contribution in [1.29, 1.82) is 0 Å². The zero-order chi connectivity index (χ0) is 20.5. The van der Waals surface area contributed by atoms with Crippen LogP contribution in [0.15, 0.2) is 60.4 Å². The highest BCUT2D eigenvalue weighted by Gasteiger charge is 2.30. The second kappa shape index (κ2) is 8.11. The number of fused-ring (bicyclic) bond motifs is 1. The lowest BCUT2D eigenvalue weighted by Gasteiger charge is -2.11. The molecule has 0 N–H and O–H groups in total. The number of hydrogen-bond acceptors (Lipinski definition) is 3. The molecule has 0 radical (unpaired) electrons. The summed E-state index contributed by atoms with van der Waals surface area (Å²) in [6.07, 6.45) is 1.57. The first-order valence-electron chi connectivity index (χ1n) is 8.83. The van der Waals surface area contributed by atoms with Gasteiger partial charge in [0, 0.05) is 26.2 Å². The molecule has 3 aromatic rings. The van der Waals surface area contributed by atoms with Crippen LogP contribution in [0.2, 0.25) is 15.1 Å². The van der Waals surface area contributed by atoms with Crippen LogP contribution in [-0.4, -0.2) is 5.78 Å². The largest absolute Gasteiger partial charge is 0.488 e. The molecular formula is C23H15Cl3O3. The second-order valence-electron chi connectivity index (χ2n) is 6.56. The van der Waals surface area contributed by atoms with E-state index in [0.29, 0.717) is 44.3 Å². The summed E-state index contributed by atoms with van der Waals surface area (Å²) >= 11 is 18.3. The van der Waals surface area contributed by atoms with Crippen LogP contribution in [0.5, 0.6) is 11.5 Å². The van der Waals surface area contributed by atoms with Crippen LogP contribution in [0.25, 0.3) is 6.08 Å². The minimum Gasteiger partial charge on any atom is -0.488 e. The first-order valence-corrected chi connectivity index (χ1v) is 9.96. The molecule has 3 aromatic carbocycles. The third-order valence-electron chi connectivity index (χ3n) is 4.62. The summed E-state index contributed by atoms with van der Waals surface area (Å²) in [5.74, 6) is 1.08. The summed E-state index contributed by atoms with van der Waals surface area (Å²) in [4.78, 5) is 12.8. The van der Waals surface area contributed by atoms with Gasteiger partial charge in [-0.05, 0) is 55.0 Å². The molecule has 1 heterocycles. The number of carbonyl (C=O) groups is 1. The average molecular weight is 446 g/mol. The third kappa shape index (κ3) is 3.99. The number of ether oxygens (including phenoxy) is 2. The van der Waals surface area contributed by atoms with Gasteiger partial charge >= 0.3 is 0 Å². The van der Waals surface area contributed by atoms with Gasteiger partial charge in [-0.2, -0.15) is 0 Å². The van der Waals surface area contributed by atoms with Gasteiger partial charge in [-0.25, -0.2) is 0 Å². The van der Waals surface area contributed by atoms with E-state index in [1.165, 1.54) is 0 Å². The van der Waals surface area contributed by atoms with Crippen LogP contribution in [-0.2, 0) is 6.61 Å². The van der Waals surface area contributed by atoms with Gasteiger partial charge in [0.2, 0.25) is 5.78 Å². The maximum atomic E-state index is 12.8. The SMILES string of the molecule is Cc1c(OCc2ccc(Cl)cc2)ccc2c1O/C(=C\c1c(Cl)cccc1Cl)C2=O. The van der Waals surface area contributed by atoms with Crippen LogP contribution < -0.4 is 9.47 Å². The second-order valence-corrected chi connectivity index (χ2v) is 7.81. The van der Waals surface area contributed by atoms with Gasteiger partial charge in [-0.3, -0.25) is 4.79 Å². The van der Waals surface area contributed by atoms with Crippen LogP contribution >= 0.6 is 34.8 Å². The van der Waals surface area contributed by atoms with Gasteiger partial charge < -0.3 is 9.47 Å². The molecule has 3 nitrogen and oxygen atoms in total. The molecular weight excluding hydrogens is 431 g/mol. The molecule has 0 fully saturated rings. The number of halogens is 3. The highest BCUT2D eigenvalue weighted by Crippen LogP contribution is 2.40. The molecule has 1 aliphatic heterocycles. The van der Waals surface area contributed by atoms with Crippen molar-refractivity contribution in [2.75, 3.05) is 0 Å². The normalized spacial score (nSPS) is 14.1. The Labute approximate surface area is 183 Å². The van der Waals surface area contributed by atoms with Crippen molar-refractivity contribution in [3.05, 3.63) is 97.7 Å². The maximum absolute atomic E-state index is 12.8. The zero-order valence-electron chi connectivity index (χ0n) is 15.3. The van der Waals surface area contributed by atoms with Crippen molar-refractivity contribution >= 4 is 46.7 Å². The molecule has 1 aliphatic rings. The van der Waals surface area contributed by atoms with Crippen LogP contribution in [0, 0.1) is 6.92 Å². The van der Waals surface area contributed by atoms with E-state index in [2.05, 4.69) is 0 Å². The molecule has 0 saturated heterocycles. The highest BCUT2D eigenvalue weighted by atomic mass is 35.5. The van der Waals surface area contributed by atoms with Crippen LogP contribution in [0.4, 0.5) is 0 Å². The molecule has 6 heteroatoms. The topological polar surface area (TPSA) is 35.5 Å².